The van der Waals surface area contributed by atoms with Crippen LogP contribution in [0.5, 0.6) is 0 Å². The molecule has 0 aliphatic rings. The number of carbonyl (C=O) groups is 2. The van der Waals surface area contributed by atoms with E-state index in [0.717, 1.165) is 6.21 Å². The largest absolute Gasteiger partial charge is 0.464 e. The van der Waals surface area contributed by atoms with Gasteiger partial charge in [-0.1, -0.05) is 5.16 Å². The number of hydrogen-bond donors (Lipinski definition) is 3. The fraction of sp³-hybridized carbons (Fsp3) is 0.250. The van der Waals surface area contributed by atoms with Crippen LogP contribution in [-0.4, -0.2) is 48.9 Å². The van der Waals surface area contributed by atoms with E-state index in [9.17, 15) is 18.4 Å². The first-order valence-electron chi connectivity index (χ1n) is 6.02. The Labute approximate surface area is 128 Å². The summed E-state index contributed by atoms with van der Waals surface area (Å²) in [6, 6.07) is 1.26. The smallest absolute Gasteiger partial charge is 0.431 e. The zero-order valence-corrected chi connectivity index (χ0v) is 11.8. The highest BCUT2D eigenvalue weighted by atomic mass is 19.1. The number of rotatable bonds is 6. The van der Waals surface area contributed by atoms with Crippen molar-refractivity contribution >= 4 is 24.1 Å². The van der Waals surface area contributed by atoms with Crippen LogP contribution in [0.3, 0.4) is 0 Å². The quantitative estimate of drug-likeness (QED) is 0.413. The number of anilines is 1. The van der Waals surface area contributed by atoms with E-state index in [1.165, 1.54) is 12.5 Å². The van der Waals surface area contributed by atoms with E-state index >= 15 is 0 Å². The summed E-state index contributed by atoms with van der Waals surface area (Å²) in [5, 5.41) is 20.8. The second-order valence-electron chi connectivity index (χ2n) is 3.92. The monoisotopic (exact) mass is 333 g/mol. The molecule has 1 aromatic carbocycles. The van der Waals surface area contributed by atoms with Gasteiger partial charge < -0.3 is 19.8 Å². The SMILES string of the molecule is COCCO/N=C/c1c(F)cc(N(NC(=O)O)C(=O)O)cc1F. The van der Waals surface area contributed by atoms with Crippen molar-refractivity contribution in [1.29, 1.82) is 0 Å². The predicted octanol–water partition coefficient (Wildman–Crippen LogP) is 1.63. The van der Waals surface area contributed by atoms with E-state index < -0.39 is 35.1 Å². The van der Waals surface area contributed by atoms with Gasteiger partial charge in [-0.15, -0.1) is 0 Å². The molecule has 9 nitrogen and oxygen atoms in total. The molecule has 1 aromatic rings. The lowest BCUT2D eigenvalue weighted by Crippen LogP contribution is -2.45. The molecule has 0 spiro atoms. The molecule has 0 aliphatic carbocycles. The molecule has 126 valence electrons. The molecule has 23 heavy (non-hydrogen) atoms. The van der Waals surface area contributed by atoms with Crippen molar-refractivity contribution < 1.29 is 38.2 Å². The van der Waals surface area contributed by atoms with Crippen LogP contribution in [0.2, 0.25) is 0 Å². The first-order valence-corrected chi connectivity index (χ1v) is 6.02. The van der Waals surface area contributed by atoms with Crippen LogP contribution in [-0.2, 0) is 9.57 Å². The first kappa shape index (κ1) is 18.1. The number of ether oxygens (including phenoxy) is 1. The van der Waals surface area contributed by atoms with Gasteiger partial charge >= 0.3 is 12.2 Å². The third kappa shape index (κ3) is 5.39. The van der Waals surface area contributed by atoms with Crippen molar-refractivity contribution in [1.82, 2.24) is 5.43 Å². The molecule has 0 aliphatic heterocycles. The highest BCUT2D eigenvalue weighted by molar-refractivity contribution is 5.90. The summed E-state index contributed by atoms with van der Waals surface area (Å²) in [6.45, 7) is 0.305. The summed E-state index contributed by atoms with van der Waals surface area (Å²) in [7, 11) is 1.44. The summed E-state index contributed by atoms with van der Waals surface area (Å²) in [5.74, 6) is -2.31. The zero-order valence-electron chi connectivity index (χ0n) is 11.8. The number of methoxy groups -OCH3 is 1. The van der Waals surface area contributed by atoms with Gasteiger partial charge in [-0.2, -0.15) is 5.01 Å². The number of nitrogens with zero attached hydrogens (tertiary/aromatic N) is 2. The average Bonchev–Trinajstić information content (AvgIpc) is 2.46. The average molecular weight is 333 g/mol. The molecule has 0 aromatic heterocycles. The van der Waals surface area contributed by atoms with Crippen LogP contribution in [0.25, 0.3) is 0 Å². The number of oxime groups is 1. The lowest BCUT2D eigenvalue weighted by Gasteiger charge is -2.18. The molecule has 0 saturated heterocycles. The van der Waals surface area contributed by atoms with Gasteiger partial charge in [0.1, 0.15) is 18.2 Å². The van der Waals surface area contributed by atoms with E-state index in [-0.39, 0.29) is 18.2 Å². The summed E-state index contributed by atoms with van der Waals surface area (Å²) < 4.78 is 32.4. The Morgan fingerprint density at radius 1 is 1.30 bits per heavy atom. The lowest BCUT2D eigenvalue weighted by atomic mass is 10.2. The minimum absolute atomic E-state index is 0.0461. The molecule has 2 amide bonds. The topological polar surface area (TPSA) is 121 Å². The molecule has 0 fully saturated rings. The van der Waals surface area contributed by atoms with Crippen molar-refractivity contribution in [3.8, 4) is 0 Å². The number of hydrazine groups is 1. The number of carboxylic acid groups (broad SMARTS) is 2. The number of hydrogen-bond acceptors (Lipinski definition) is 5. The van der Waals surface area contributed by atoms with E-state index in [1.807, 2.05) is 0 Å². The molecule has 3 N–H and O–H groups in total. The molecular formula is C12H13F2N3O6. The molecule has 0 unspecified atom stereocenters. The number of nitrogens with one attached hydrogen (secondary N) is 1. The van der Waals surface area contributed by atoms with Gasteiger partial charge in [0.15, 0.2) is 0 Å². The van der Waals surface area contributed by atoms with Crippen LogP contribution in [0.1, 0.15) is 5.56 Å². The fourth-order valence-electron chi connectivity index (χ4n) is 1.41. The van der Waals surface area contributed by atoms with Crippen LogP contribution in [0, 0.1) is 11.6 Å². The molecule has 0 saturated carbocycles. The van der Waals surface area contributed by atoms with Crippen molar-refractivity contribution in [2.75, 3.05) is 25.3 Å². The molecule has 0 atom stereocenters. The number of benzene rings is 1. The zero-order chi connectivity index (χ0) is 17.4. The van der Waals surface area contributed by atoms with Crippen molar-refractivity contribution in [2.24, 2.45) is 5.16 Å². The van der Waals surface area contributed by atoms with E-state index in [1.54, 1.807) is 0 Å². The molecule has 0 heterocycles. The first-order chi connectivity index (χ1) is 10.9. The van der Waals surface area contributed by atoms with Crippen molar-refractivity contribution in [3.63, 3.8) is 0 Å². The standard InChI is InChI=1S/C12H13F2N3O6/c1-22-2-3-23-15-6-8-9(13)4-7(5-10(8)14)17(12(20)21)16-11(18)19/h4-6,16H,2-3H2,1H3,(H,18,19)(H,20,21)/b15-6+. The maximum Gasteiger partial charge on any atom is 0.431 e. The third-order valence-corrected chi connectivity index (χ3v) is 2.36. The summed E-state index contributed by atoms with van der Waals surface area (Å²) in [5.41, 5.74) is 0.341. The third-order valence-electron chi connectivity index (χ3n) is 2.36. The van der Waals surface area contributed by atoms with Gasteiger partial charge in [0.25, 0.3) is 0 Å². The van der Waals surface area contributed by atoms with E-state index in [4.69, 9.17) is 10.2 Å². The molecular weight excluding hydrogens is 320 g/mol. The molecule has 11 heteroatoms. The van der Waals surface area contributed by atoms with Gasteiger partial charge in [-0.25, -0.2) is 23.8 Å². The van der Waals surface area contributed by atoms with Crippen LogP contribution >= 0.6 is 0 Å². The van der Waals surface area contributed by atoms with Crippen LogP contribution in [0.4, 0.5) is 24.1 Å². The fourth-order valence-corrected chi connectivity index (χ4v) is 1.41. The maximum atomic E-state index is 13.8. The normalized spacial score (nSPS) is 10.6. The Morgan fingerprint density at radius 2 is 1.91 bits per heavy atom. The Bertz CT molecular complexity index is 587. The number of amides is 2. The van der Waals surface area contributed by atoms with Gasteiger partial charge in [0, 0.05) is 19.2 Å². The van der Waals surface area contributed by atoms with E-state index in [0.29, 0.717) is 12.1 Å². The molecule has 0 radical (unpaired) electrons. The van der Waals surface area contributed by atoms with Crippen molar-refractivity contribution in [2.45, 2.75) is 0 Å². The van der Waals surface area contributed by atoms with E-state index in [2.05, 4.69) is 14.7 Å². The summed E-state index contributed by atoms with van der Waals surface area (Å²) in [4.78, 5) is 26.1. The Morgan fingerprint density at radius 3 is 2.39 bits per heavy atom. The van der Waals surface area contributed by atoms with Crippen LogP contribution < -0.4 is 10.4 Å². The minimum Gasteiger partial charge on any atom is -0.464 e. The van der Waals surface area contributed by atoms with Crippen LogP contribution in [0.15, 0.2) is 17.3 Å². The maximum absolute atomic E-state index is 13.8. The van der Waals surface area contributed by atoms with Gasteiger partial charge in [0.05, 0.1) is 24.1 Å². The highest BCUT2D eigenvalue weighted by Crippen LogP contribution is 2.20. The van der Waals surface area contributed by atoms with Crippen molar-refractivity contribution in [3.05, 3.63) is 29.3 Å². The minimum atomic E-state index is -1.77. The lowest BCUT2D eigenvalue weighted by molar-refractivity contribution is 0.0759. The van der Waals surface area contributed by atoms with Gasteiger partial charge in [-0.05, 0) is 0 Å². The molecule has 0 bridgehead atoms. The Balaban J connectivity index is 2.99. The second kappa shape index (κ2) is 8.48. The number of halogens is 2. The van der Waals surface area contributed by atoms with Gasteiger partial charge in [0.2, 0.25) is 0 Å². The van der Waals surface area contributed by atoms with Gasteiger partial charge in [-0.3, -0.25) is 0 Å². The second-order valence-corrected chi connectivity index (χ2v) is 3.92. The molecule has 1 rings (SSSR count). The summed E-state index contributed by atoms with van der Waals surface area (Å²) in [6.07, 6.45) is -2.72. The Kier molecular flexibility index (Phi) is 6.68. The Hall–Kier alpha value is -2.95. The summed E-state index contributed by atoms with van der Waals surface area (Å²) >= 11 is 0. The highest BCUT2D eigenvalue weighted by Gasteiger charge is 2.20. The predicted molar refractivity (Wildman–Crippen MR) is 73.4 cm³/mol.